The summed E-state index contributed by atoms with van der Waals surface area (Å²) in [5, 5.41) is 7.53. The van der Waals surface area contributed by atoms with Crippen LogP contribution in [0.4, 0.5) is 4.39 Å². The number of hydrogen-bond acceptors (Lipinski definition) is 3. The van der Waals surface area contributed by atoms with Crippen molar-refractivity contribution in [1.82, 2.24) is 15.6 Å². The number of methoxy groups -OCH3 is 1. The largest absolute Gasteiger partial charge is 0.491 e. The van der Waals surface area contributed by atoms with E-state index in [0.29, 0.717) is 26.3 Å². The van der Waals surface area contributed by atoms with E-state index < -0.39 is 0 Å². The number of H-pyrrole nitrogens is 1. The molecule has 31 heavy (non-hydrogen) atoms. The Morgan fingerprint density at radius 3 is 2.65 bits per heavy atom. The van der Waals surface area contributed by atoms with Crippen LogP contribution in [0.25, 0.3) is 10.9 Å². The van der Waals surface area contributed by atoms with Crippen LogP contribution in [0.15, 0.2) is 53.7 Å². The number of nitrogens with zero attached hydrogens (tertiary/aromatic N) is 1. The highest BCUT2D eigenvalue weighted by molar-refractivity contribution is 14.0. The number of nitrogens with one attached hydrogen (secondary N) is 3. The molecule has 168 valence electrons. The predicted octanol–water partition coefficient (Wildman–Crippen LogP) is 4.25. The highest BCUT2D eigenvalue weighted by atomic mass is 127. The van der Waals surface area contributed by atoms with Gasteiger partial charge < -0.3 is 25.1 Å². The Bertz CT molecular complexity index is 960. The molecule has 8 heteroatoms. The van der Waals surface area contributed by atoms with Crippen LogP contribution < -0.4 is 15.4 Å². The lowest BCUT2D eigenvalue weighted by atomic mass is 10.1. The summed E-state index contributed by atoms with van der Waals surface area (Å²) >= 11 is 0. The second-order valence-electron chi connectivity index (χ2n) is 6.86. The number of halogens is 2. The predicted molar refractivity (Wildman–Crippen MR) is 134 cm³/mol. The smallest absolute Gasteiger partial charge is 0.191 e. The van der Waals surface area contributed by atoms with Crippen LogP contribution in [0, 0.1) is 5.82 Å². The van der Waals surface area contributed by atoms with Crippen LogP contribution in [-0.2, 0) is 17.7 Å². The van der Waals surface area contributed by atoms with Gasteiger partial charge in [-0.1, -0.05) is 12.1 Å². The zero-order valence-electron chi connectivity index (χ0n) is 17.9. The monoisotopic (exact) mass is 540 g/mol. The summed E-state index contributed by atoms with van der Waals surface area (Å²) in [7, 11) is 1.65. The molecule has 1 heterocycles. The first-order valence-corrected chi connectivity index (χ1v) is 10.2. The van der Waals surface area contributed by atoms with Gasteiger partial charge in [0.15, 0.2) is 5.96 Å². The Hall–Kier alpha value is -2.33. The van der Waals surface area contributed by atoms with E-state index in [2.05, 4.69) is 20.6 Å². The molecule has 0 amide bonds. The molecule has 0 fully saturated rings. The third-order valence-electron chi connectivity index (χ3n) is 4.66. The number of rotatable bonds is 10. The molecule has 0 unspecified atom stereocenters. The van der Waals surface area contributed by atoms with Gasteiger partial charge in [-0.2, -0.15) is 0 Å². The average Bonchev–Trinajstić information content (AvgIpc) is 3.15. The van der Waals surface area contributed by atoms with Crippen LogP contribution in [-0.4, -0.2) is 44.4 Å². The number of fused-ring (bicyclic) bond motifs is 1. The molecule has 0 radical (unpaired) electrons. The lowest BCUT2D eigenvalue weighted by molar-refractivity contribution is 0.146. The molecule has 2 aromatic carbocycles. The second-order valence-corrected chi connectivity index (χ2v) is 6.86. The molecule has 3 aromatic rings. The molecule has 0 saturated heterocycles. The number of aliphatic imine (C=N–C) groups is 1. The first kappa shape index (κ1) is 24.9. The average molecular weight is 540 g/mol. The number of aromatic nitrogens is 1. The standard InChI is InChI=1S/C23H29FN4O2.HI/c1-3-25-23(28-15-17-4-7-20(8-5-17)30-13-12-29-2)26-11-10-18-16-27-22-9-6-19(24)14-21(18)22;/h4-9,14,16,27H,3,10-13,15H2,1-2H3,(H2,25,26,28);1H. The molecule has 6 nitrogen and oxygen atoms in total. The van der Waals surface area contributed by atoms with Crippen molar-refractivity contribution in [1.29, 1.82) is 0 Å². The summed E-state index contributed by atoms with van der Waals surface area (Å²) in [6, 6.07) is 12.7. The van der Waals surface area contributed by atoms with Crippen LogP contribution in [0.5, 0.6) is 5.75 Å². The lowest BCUT2D eigenvalue weighted by Crippen LogP contribution is -2.38. The summed E-state index contributed by atoms with van der Waals surface area (Å²) in [6.07, 6.45) is 2.70. The quantitative estimate of drug-likeness (QED) is 0.156. The first-order chi connectivity index (χ1) is 14.7. The number of hydrogen-bond donors (Lipinski definition) is 3. The Morgan fingerprint density at radius 1 is 1.10 bits per heavy atom. The van der Waals surface area contributed by atoms with Gasteiger partial charge in [0.1, 0.15) is 18.2 Å². The van der Waals surface area contributed by atoms with Gasteiger partial charge in [0.05, 0.1) is 13.2 Å². The van der Waals surface area contributed by atoms with Gasteiger partial charge in [-0.25, -0.2) is 9.38 Å². The van der Waals surface area contributed by atoms with E-state index in [1.165, 1.54) is 6.07 Å². The van der Waals surface area contributed by atoms with Crippen molar-refractivity contribution in [2.24, 2.45) is 4.99 Å². The summed E-state index contributed by atoms with van der Waals surface area (Å²) in [4.78, 5) is 7.84. The minimum atomic E-state index is -0.221. The van der Waals surface area contributed by atoms with Crippen molar-refractivity contribution in [3.05, 3.63) is 65.6 Å². The molecule has 0 aliphatic heterocycles. The van der Waals surface area contributed by atoms with Crippen molar-refractivity contribution >= 4 is 40.8 Å². The zero-order valence-corrected chi connectivity index (χ0v) is 20.2. The maximum absolute atomic E-state index is 13.5. The molecule has 0 bridgehead atoms. The van der Waals surface area contributed by atoms with E-state index in [1.807, 2.05) is 37.4 Å². The van der Waals surface area contributed by atoms with Crippen molar-refractivity contribution in [3.8, 4) is 5.75 Å². The van der Waals surface area contributed by atoms with Crippen LogP contribution >= 0.6 is 24.0 Å². The molecule has 3 N–H and O–H groups in total. The van der Waals surface area contributed by atoms with Gasteiger partial charge in [0.2, 0.25) is 0 Å². The minimum Gasteiger partial charge on any atom is -0.491 e. The lowest BCUT2D eigenvalue weighted by Gasteiger charge is -2.11. The maximum Gasteiger partial charge on any atom is 0.191 e. The number of guanidine groups is 1. The molecule has 1 aromatic heterocycles. The van der Waals surface area contributed by atoms with Crippen LogP contribution in [0.2, 0.25) is 0 Å². The third-order valence-corrected chi connectivity index (χ3v) is 4.66. The fourth-order valence-electron chi connectivity index (χ4n) is 3.12. The Morgan fingerprint density at radius 2 is 1.90 bits per heavy atom. The second kappa shape index (κ2) is 13.2. The number of aromatic amines is 1. The molecule has 0 aliphatic rings. The minimum absolute atomic E-state index is 0. The number of ether oxygens (including phenoxy) is 2. The highest BCUT2D eigenvalue weighted by Gasteiger charge is 2.05. The van der Waals surface area contributed by atoms with Gasteiger partial charge in [0.25, 0.3) is 0 Å². The topological polar surface area (TPSA) is 70.7 Å². The Balaban J connectivity index is 0.00000341. The third kappa shape index (κ3) is 7.70. The van der Waals surface area contributed by atoms with E-state index in [-0.39, 0.29) is 29.8 Å². The molecular formula is C23H30FIN4O2. The van der Waals surface area contributed by atoms with E-state index in [4.69, 9.17) is 9.47 Å². The van der Waals surface area contributed by atoms with Crippen molar-refractivity contribution in [2.75, 3.05) is 33.4 Å². The summed E-state index contributed by atoms with van der Waals surface area (Å²) < 4.78 is 24.1. The maximum atomic E-state index is 13.5. The molecule has 0 spiro atoms. The highest BCUT2D eigenvalue weighted by Crippen LogP contribution is 2.19. The fraction of sp³-hybridized carbons (Fsp3) is 0.348. The van der Waals surface area contributed by atoms with Crippen molar-refractivity contribution in [3.63, 3.8) is 0 Å². The van der Waals surface area contributed by atoms with Crippen LogP contribution in [0.3, 0.4) is 0 Å². The molecule has 3 rings (SSSR count). The van der Waals surface area contributed by atoms with Gasteiger partial charge in [-0.05, 0) is 54.8 Å². The summed E-state index contributed by atoms with van der Waals surface area (Å²) in [5.74, 6) is 1.35. The van der Waals surface area contributed by atoms with E-state index in [9.17, 15) is 4.39 Å². The SMILES string of the molecule is CCNC(=NCc1ccc(OCCOC)cc1)NCCc1c[nH]c2ccc(F)cc12.I. The summed E-state index contributed by atoms with van der Waals surface area (Å²) in [6.45, 7) is 5.17. The van der Waals surface area contributed by atoms with Crippen molar-refractivity contribution in [2.45, 2.75) is 19.9 Å². The Kier molecular flexibility index (Phi) is 10.6. The fourth-order valence-corrected chi connectivity index (χ4v) is 3.12. The van der Waals surface area contributed by atoms with Gasteiger partial charge in [-0.15, -0.1) is 24.0 Å². The van der Waals surface area contributed by atoms with E-state index >= 15 is 0 Å². The zero-order chi connectivity index (χ0) is 21.2. The number of benzene rings is 2. The first-order valence-electron chi connectivity index (χ1n) is 10.2. The van der Waals surface area contributed by atoms with Crippen molar-refractivity contribution < 1.29 is 13.9 Å². The van der Waals surface area contributed by atoms with E-state index in [1.54, 1.807) is 19.2 Å². The molecule has 0 aliphatic carbocycles. The molecule has 0 atom stereocenters. The summed E-state index contributed by atoms with van der Waals surface area (Å²) in [5.41, 5.74) is 3.12. The van der Waals surface area contributed by atoms with E-state index in [0.717, 1.165) is 46.7 Å². The van der Waals surface area contributed by atoms with Crippen LogP contribution in [0.1, 0.15) is 18.1 Å². The molecular weight excluding hydrogens is 510 g/mol. The normalized spacial score (nSPS) is 11.3. The van der Waals surface area contributed by atoms with Gasteiger partial charge >= 0.3 is 0 Å². The van der Waals surface area contributed by atoms with Gasteiger partial charge in [0, 0.05) is 37.3 Å². The Labute approximate surface area is 199 Å². The van der Waals surface area contributed by atoms with Gasteiger partial charge in [-0.3, -0.25) is 0 Å². The molecule has 0 saturated carbocycles.